The van der Waals surface area contributed by atoms with Crippen molar-refractivity contribution in [2.24, 2.45) is 0 Å². The molecule has 0 amide bonds. The average Bonchev–Trinajstić information content (AvgIpc) is 3.38. The molecule has 0 atom stereocenters. The van der Waals surface area contributed by atoms with E-state index in [1.54, 1.807) is 36.4 Å². The number of hydrogen-bond acceptors (Lipinski definition) is 6. The van der Waals surface area contributed by atoms with E-state index in [-0.39, 0.29) is 4.91 Å². The van der Waals surface area contributed by atoms with Crippen LogP contribution in [0.3, 0.4) is 0 Å². The number of furan rings is 1. The van der Waals surface area contributed by atoms with E-state index >= 15 is 0 Å². The van der Waals surface area contributed by atoms with Gasteiger partial charge in [0.15, 0.2) is 10.9 Å². The number of nitrogens with zero attached hydrogens (tertiary/aromatic N) is 2. The molecule has 2 heterocycles. The molecule has 2 N–H and O–H groups in total. The van der Waals surface area contributed by atoms with Gasteiger partial charge in [0.25, 0.3) is 0 Å². The minimum Gasteiger partial charge on any atom is -0.477 e. The predicted molar refractivity (Wildman–Crippen MR) is 118 cm³/mol. The summed E-state index contributed by atoms with van der Waals surface area (Å²) >= 11 is 8.30. The number of aromatic amines is 1. The number of carbonyl (C=O) groups is 1. The highest BCUT2D eigenvalue weighted by atomic mass is 35.5. The average molecular weight is 456 g/mol. The third-order valence-corrected chi connectivity index (χ3v) is 5.89. The first kappa shape index (κ1) is 20.3. The standard InChI is InChI=1S/C21H14ClN3O3S2/c22-14-8-6-13(7-9-14)19-23-21(25-24-19)30-17(20(26)27)12-15-10-11-18(28-15)29-16-4-2-1-3-5-16/h1-12H,(H,26,27)(H,23,24,25)/b17-12-. The minimum absolute atomic E-state index is 0.0438. The summed E-state index contributed by atoms with van der Waals surface area (Å²) < 4.78 is 5.74. The molecular weight excluding hydrogens is 442 g/mol. The Bertz CT molecular complexity index is 1190. The predicted octanol–water partition coefficient (Wildman–Crippen LogP) is 6.09. The van der Waals surface area contributed by atoms with Crippen molar-refractivity contribution in [2.45, 2.75) is 15.1 Å². The number of carboxylic acids is 1. The van der Waals surface area contributed by atoms with Crippen LogP contribution in [-0.4, -0.2) is 26.3 Å². The van der Waals surface area contributed by atoms with Crippen molar-refractivity contribution in [1.29, 1.82) is 0 Å². The molecule has 4 rings (SSSR count). The summed E-state index contributed by atoms with van der Waals surface area (Å²) in [7, 11) is 0. The Balaban J connectivity index is 1.50. The lowest BCUT2D eigenvalue weighted by atomic mass is 10.2. The maximum absolute atomic E-state index is 11.7. The second-order valence-electron chi connectivity index (χ2n) is 5.96. The summed E-state index contributed by atoms with van der Waals surface area (Å²) in [5, 5.41) is 18.1. The maximum Gasteiger partial charge on any atom is 0.342 e. The number of hydrogen-bond donors (Lipinski definition) is 2. The van der Waals surface area contributed by atoms with E-state index in [4.69, 9.17) is 16.0 Å². The van der Waals surface area contributed by atoms with Crippen molar-refractivity contribution in [2.75, 3.05) is 0 Å². The van der Waals surface area contributed by atoms with Gasteiger partial charge in [-0.25, -0.2) is 9.78 Å². The fourth-order valence-electron chi connectivity index (χ4n) is 2.46. The van der Waals surface area contributed by atoms with E-state index in [9.17, 15) is 9.90 Å². The molecule has 2 aromatic heterocycles. The molecule has 0 radical (unpaired) electrons. The molecule has 4 aromatic rings. The monoisotopic (exact) mass is 455 g/mol. The lowest BCUT2D eigenvalue weighted by molar-refractivity contribution is -0.131. The normalized spacial score (nSPS) is 11.6. The van der Waals surface area contributed by atoms with Gasteiger partial charge in [0.2, 0.25) is 5.16 Å². The molecule has 6 nitrogen and oxygen atoms in total. The van der Waals surface area contributed by atoms with Gasteiger partial charge in [0.1, 0.15) is 10.7 Å². The molecule has 0 aliphatic rings. The van der Waals surface area contributed by atoms with Crippen molar-refractivity contribution in [1.82, 2.24) is 15.2 Å². The fourth-order valence-corrected chi connectivity index (χ4v) is 4.08. The summed E-state index contributed by atoms with van der Waals surface area (Å²) in [6, 6.07) is 20.4. The molecule has 30 heavy (non-hydrogen) atoms. The van der Waals surface area contributed by atoms with Crippen molar-refractivity contribution in [3.05, 3.63) is 82.4 Å². The number of halogens is 1. The topological polar surface area (TPSA) is 92.0 Å². The number of rotatable bonds is 7. The maximum atomic E-state index is 11.7. The first-order valence-electron chi connectivity index (χ1n) is 8.71. The number of benzene rings is 2. The van der Waals surface area contributed by atoms with Crippen LogP contribution < -0.4 is 0 Å². The molecule has 0 saturated heterocycles. The van der Waals surface area contributed by atoms with Crippen LogP contribution in [0.4, 0.5) is 0 Å². The van der Waals surface area contributed by atoms with Crippen LogP contribution in [0.2, 0.25) is 5.02 Å². The number of nitrogens with one attached hydrogen (secondary N) is 1. The van der Waals surface area contributed by atoms with Crippen molar-refractivity contribution in [3.8, 4) is 11.4 Å². The number of thioether (sulfide) groups is 1. The molecule has 0 aliphatic heterocycles. The second-order valence-corrected chi connectivity index (χ2v) is 8.48. The highest BCUT2D eigenvalue weighted by Crippen LogP contribution is 2.32. The van der Waals surface area contributed by atoms with Gasteiger partial charge in [-0.1, -0.05) is 41.6 Å². The van der Waals surface area contributed by atoms with Gasteiger partial charge in [-0.15, -0.1) is 5.10 Å². The van der Waals surface area contributed by atoms with E-state index in [1.807, 2.05) is 30.3 Å². The van der Waals surface area contributed by atoms with Crippen LogP contribution in [-0.2, 0) is 4.79 Å². The molecular formula is C21H14ClN3O3S2. The van der Waals surface area contributed by atoms with Gasteiger partial charge in [-0.3, -0.25) is 5.10 Å². The lowest BCUT2D eigenvalue weighted by Gasteiger charge is -1.98. The zero-order valence-corrected chi connectivity index (χ0v) is 17.7. The molecule has 2 aromatic carbocycles. The Morgan fingerprint density at radius 3 is 2.57 bits per heavy atom. The van der Waals surface area contributed by atoms with E-state index in [0.29, 0.717) is 26.9 Å². The van der Waals surface area contributed by atoms with Crippen LogP contribution >= 0.6 is 35.1 Å². The van der Waals surface area contributed by atoms with Crippen LogP contribution in [0.1, 0.15) is 5.76 Å². The van der Waals surface area contributed by atoms with E-state index in [2.05, 4.69) is 15.2 Å². The second kappa shape index (κ2) is 9.25. The molecule has 0 fully saturated rings. The third-order valence-electron chi connectivity index (χ3n) is 3.83. The van der Waals surface area contributed by atoms with E-state index < -0.39 is 5.97 Å². The lowest BCUT2D eigenvalue weighted by Crippen LogP contribution is -1.97. The zero-order valence-electron chi connectivity index (χ0n) is 15.3. The first-order chi connectivity index (χ1) is 14.6. The molecule has 150 valence electrons. The Hall–Kier alpha value is -2.94. The van der Waals surface area contributed by atoms with Gasteiger partial charge in [0.05, 0.1) is 0 Å². The van der Waals surface area contributed by atoms with E-state index in [0.717, 1.165) is 22.2 Å². The molecule has 0 bridgehead atoms. The fraction of sp³-hybridized carbons (Fsp3) is 0. The van der Waals surface area contributed by atoms with Crippen LogP contribution in [0, 0.1) is 0 Å². The summed E-state index contributed by atoms with van der Waals surface area (Å²) in [6.07, 6.45) is 1.46. The number of aliphatic carboxylic acids is 1. The number of carboxylic acid groups (broad SMARTS) is 1. The summed E-state index contributed by atoms with van der Waals surface area (Å²) in [5.41, 5.74) is 0.799. The summed E-state index contributed by atoms with van der Waals surface area (Å²) in [5.74, 6) is -0.128. The summed E-state index contributed by atoms with van der Waals surface area (Å²) in [6.45, 7) is 0. The van der Waals surface area contributed by atoms with Crippen molar-refractivity contribution >= 4 is 47.2 Å². The third kappa shape index (κ3) is 5.15. The smallest absolute Gasteiger partial charge is 0.342 e. The molecule has 0 spiro atoms. The van der Waals surface area contributed by atoms with Crippen LogP contribution in [0.25, 0.3) is 17.5 Å². The number of aromatic nitrogens is 3. The Morgan fingerprint density at radius 1 is 1.07 bits per heavy atom. The van der Waals surface area contributed by atoms with E-state index in [1.165, 1.54) is 17.8 Å². The first-order valence-corrected chi connectivity index (χ1v) is 10.7. The van der Waals surface area contributed by atoms with Gasteiger partial charge in [-0.2, -0.15) is 0 Å². The zero-order chi connectivity index (χ0) is 20.9. The Kier molecular flexibility index (Phi) is 6.27. The van der Waals surface area contributed by atoms with Gasteiger partial charge in [-0.05, 0) is 60.3 Å². The van der Waals surface area contributed by atoms with Crippen molar-refractivity contribution in [3.63, 3.8) is 0 Å². The number of H-pyrrole nitrogens is 1. The Morgan fingerprint density at radius 2 is 1.83 bits per heavy atom. The van der Waals surface area contributed by atoms with Crippen LogP contribution in [0.5, 0.6) is 0 Å². The highest BCUT2D eigenvalue weighted by Gasteiger charge is 2.15. The van der Waals surface area contributed by atoms with Gasteiger partial charge < -0.3 is 9.52 Å². The highest BCUT2D eigenvalue weighted by molar-refractivity contribution is 8.04. The molecule has 0 unspecified atom stereocenters. The minimum atomic E-state index is -1.09. The van der Waals surface area contributed by atoms with Crippen molar-refractivity contribution < 1.29 is 14.3 Å². The van der Waals surface area contributed by atoms with Gasteiger partial charge >= 0.3 is 5.97 Å². The molecule has 9 heteroatoms. The Labute approximate surface area is 185 Å². The SMILES string of the molecule is O=C(O)/C(=C/c1ccc(Sc2ccccc2)o1)Sc1n[nH]c(-c2ccc(Cl)cc2)n1. The quantitative estimate of drug-likeness (QED) is 0.257. The van der Waals surface area contributed by atoms with Crippen LogP contribution in [0.15, 0.2) is 91.2 Å². The molecule has 0 saturated carbocycles. The van der Waals surface area contributed by atoms with Gasteiger partial charge in [0, 0.05) is 21.6 Å². The summed E-state index contributed by atoms with van der Waals surface area (Å²) in [4.78, 5) is 17.1. The largest absolute Gasteiger partial charge is 0.477 e. The molecule has 0 aliphatic carbocycles.